The summed E-state index contributed by atoms with van der Waals surface area (Å²) in [7, 11) is 0. The zero-order valence-electron chi connectivity index (χ0n) is 13.5. The molecule has 1 heterocycles. The number of aromatic nitrogens is 4. The Morgan fingerprint density at radius 1 is 1.24 bits per heavy atom. The Balaban J connectivity index is 1.57. The Hall–Kier alpha value is -2.38. The molecule has 0 saturated heterocycles. The molecular formula is C17H16ClN5OS. The first-order valence-electron chi connectivity index (χ1n) is 7.61. The maximum Gasteiger partial charge on any atom is 0.234 e. The number of halogens is 1. The predicted molar refractivity (Wildman–Crippen MR) is 98.9 cm³/mol. The maximum absolute atomic E-state index is 12.1. The highest BCUT2D eigenvalue weighted by Crippen LogP contribution is 2.21. The molecule has 0 radical (unpaired) electrons. The summed E-state index contributed by atoms with van der Waals surface area (Å²) in [5, 5.41) is 15.7. The van der Waals surface area contributed by atoms with Crippen LogP contribution in [0.4, 0.5) is 5.69 Å². The lowest BCUT2D eigenvalue weighted by Gasteiger charge is -2.07. The molecule has 8 heteroatoms. The van der Waals surface area contributed by atoms with Gasteiger partial charge in [-0.1, -0.05) is 59.8 Å². The number of aryl methyl sites for hydroxylation is 1. The minimum absolute atomic E-state index is 0.140. The second-order valence-electron chi connectivity index (χ2n) is 5.41. The van der Waals surface area contributed by atoms with Crippen molar-refractivity contribution in [2.75, 3.05) is 11.1 Å². The number of hydrogen-bond donors (Lipinski definition) is 1. The monoisotopic (exact) mass is 373 g/mol. The van der Waals surface area contributed by atoms with Gasteiger partial charge in [0.2, 0.25) is 11.1 Å². The lowest BCUT2D eigenvalue weighted by Crippen LogP contribution is -2.15. The summed E-state index contributed by atoms with van der Waals surface area (Å²) in [6.07, 6.45) is 0. The summed E-state index contributed by atoms with van der Waals surface area (Å²) in [6, 6.07) is 15.3. The Morgan fingerprint density at radius 3 is 2.80 bits per heavy atom. The molecule has 25 heavy (non-hydrogen) atoms. The van der Waals surface area contributed by atoms with Gasteiger partial charge in [-0.05, 0) is 40.6 Å². The number of amides is 1. The summed E-state index contributed by atoms with van der Waals surface area (Å²) >= 11 is 7.36. The normalized spacial score (nSPS) is 10.6. The van der Waals surface area contributed by atoms with Gasteiger partial charge in [0.1, 0.15) is 0 Å². The smallest absolute Gasteiger partial charge is 0.234 e. The predicted octanol–water partition coefficient (Wildman–Crippen LogP) is 3.41. The molecule has 0 spiro atoms. The number of rotatable bonds is 6. The van der Waals surface area contributed by atoms with E-state index in [2.05, 4.69) is 20.8 Å². The molecule has 2 aromatic carbocycles. The molecule has 0 saturated carbocycles. The van der Waals surface area contributed by atoms with Crippen LogP contribution in [-0.4, -0.2) is 31.9 Å². The maximum atomic E-state index is 12.1. The van der Waals surface area contributed by atoms with Crippen molar-refractivity contribution in [2.24, 2.45) is 0 Å². The van der Waals surface area contributed by atoms with E-state index < -0.39 is 0 Å². The number of benzene rings is 2. The third kappa shape index (κ3) is 4.80. The van der Waals surface area contributed by atoms with Gasteiger partial charge in [0.05, 0.1) is 12.3 Å². The van der Waals surface area contributed by atoms with E-state index in [4.69, 9.17) is 11.6 Å². The first-order chi connectivity index (χ1) is 12.1. The minimum atomic E-state index is -0.140. The fourth-order valence-electron chi connectivity index (χ4n) is 2.15. The van der Waals surface area contributed by atoms with E-state index in [1.807, 2.05) is 49.4 Å². The number of carbonyl (C=O) groups excluding carboxylic acids is 1. The van der Waals surface area contributed by atoms with Crippen molar-refractivity contribution >= 4 is 35.0 Å². The third-order valence-electron chi connectivity index (χ3n) is 3.46. The van der Waals surface area contributed by atoms with Crippen LogP contribution in [0.3, 0.4) is 0 Å². The van der Waals surface area contributed by atoms with Gasteiger partial charge in [-0.15, -0.1) is 5.10 Å². The Bertz CT molecular complexity index is 868. The van der Waals surface area contributed by atoms with E-state index >= 15 is 0 Å². The van der Waals surface area contributed by atoms with Crippen molar-refractivity contribution in [1.29, 1.82) is 0 Å². The molecular weight excluding hydrogens is 358 g/mol. The first-order valence-corrected chi connectivity index (χ1v) is 8.97. The van der Waals surface area contributed by atoms with Gasteiger partial charge < -0.3 is 5.32 Å². The van der Waals surface area contributed by atoms with Crippen molar-refractivity contribution < 1.29 is 4.79 Å². The van der Waals surface area contributed by atoms with Gasteiger partial charge in [0.25, 0.3) is 0 Å². The van der Waals surface area contributed by atoms with Crippen LogP contribution in [0.1, 0.15) is 11.1 Å². The molecule has 0 aliphatic heterocycles. The van der Waals surface area contributed by atoms with E-state index in [9.17, 15) is 4.79 Å². The number of nitrogens with zero attached hydrogens (tertiary/aromatic N) is 4. The second-order valence-corrected chi connectivity index (χ2v) is 6.76. The lowest BCUT2D eigenvalue weighted by atomic mass is 10.2. The van der Waals surface area contributed by atoms with Crippen molar-refractivity contribution in [3.05, 3.63) is 64.7 Å². The fraction of sp³-hybridized carbons (Fsp3) is 0.176. The summed E-state index contributed by atoms with van der Waals surface area (Å²) in [6.45, 7) is 2.47. The molecule has 6 nitrogen and oxygen atoms in total. The summed E-state index contributed by atoms with van der Waals surface area (Å²) in [5.74, 6) is 0.0693. The molecule has 1 amide bonds. The second kappa shape index (κ2) is 8.13. The molecule has 3 rings (SSSR count). The third-order valence-corrected chi connectivity index (χ3v) is 4.83. The quantitative estimate of drug-likeness (QED) is 0.670. The van der Waals surface area contributed by atoms with E-state index in [0.717, 1.165) is 11.1 Å². The standard InChI is InChI=1S/C17H16ClN5OS/c1-12-7-8-14(9-15(12)18)19-16(24)11-25-17-20-21-22-23(17)10-13-5-3-2-4-6-13/h2-9H,10-11H2,1H3,(H,19,24). The molecule has 128 valence electrons. The molecule has 0 bridgehead atoms. The number of carbonyl (C=O) groups is 1. The van der Waals surface area contributed by atoms with Gasteiger partial charge in [-0.25, -0.2) is 4.68 Å². The van der Waals surface area contributed by atoms with E-state index in [-0.39, 0.29) is 11.7 Å². The molecule has 0 unspecified atom stereocenters. The van der Waals surface area contributed by atoms with Crippen LogP contribution in [0, 0.1) is 6.92 Å². The number of anilines is 1. The summed E-state index contributed by atoms with van der Waals surface area (Å²) in [5.41, 5.74) is 2.73. The minimum Gasteiger partial charge on any atom is -0.325 e. The molecule has 1 aromatic heterocycles. The van der Waals surface area contributed by atoms with Crippen molar-refractivity contribution in [2.45, 2.75) is 18.6 Å². The van der Waals surface area contributed by atoms with E-state index in [1.165, 1.54) is 11.8 Å². The fourth-order valence-corrected chi connectivity index (χ4v) is 3.01. The number of tetrazole rings is 1. The average Bonchev–Trinajstić information content (AvgIpc) is 3.04. The first kappa shape index (κ1) is 17.4. The number of thioether (sulfide) groups is 1. The zero-order valence-corrected chi connectivity index (χ0v) is 15.1. The van der Waals surface area contributed by atoms with Gasteiger partial charge in [-0.2, -0.15) is 0 Å². The molecule has 1 N–H and O–H groups in total. The van der Waals surface area contributed by atoms with Crippen molar-refractivity contribution in [3.8, 4) is 0 Å². The van der Waals surface area contributed by atoms with E-state index in [0.29, 0.717) is 22.4 Å². The Kier molecular flexibility index (Phi) is 5.67. The SMILES string of the molecule is Cc1ccc(NC(=O)CSc2nnnn2Cc2ccccc2)cc1Cl. The van der Waals surface area contributed by atoms with Crippen LogP contribution in [0.5, 0.6) is 0 Å². The summed E-state index contributed by atoms with van der Waals surface area (Å²) < 4.78 is 1.68. The molecule has 0 fully saturated rings. The van der Waals surface area contributed by atoms with Crippen molar-refractivity contribution in [3.63, 3.8) is 0 Å². The van der Waals surface area contributed by atoms with Crippen molar-refractivity contribution in [1.82, 2.24) is 20.2 Å². The lowest BCUT2D eigenvalue weighted by molar-refractivity contribution is -0.113. The van der Waals surface area contributed by atoms with Gasteiger partial charge in [0, 0.05) is 10.7 Å². The van der Waals surface area contributed by atoms with E-state index in [1.54, 1.807) is 10.7 Å². The largest absolute Gasteiger partial charge is 0.325 e. The van der Waals surface area contributed by atoms with Crippen LogP contribution in [0.15, 0.2) is 53.7 Å². The van der Waals surface area contributed by atoms with Crippen LogP contribution < -0.4 is 5.32 Å². The summed E-state index contributed by atoms with van der Waals surface area (Å²) in [4.78, 5) is 12.1. The Labute approximate surface area is 154 Å². The highest BCUT2D eigenvalue weighted by molar-refractivity contribution is 7.99. The van der Waals surface area contributed by atoms with Crippen LogP contribution in [-0.2, 0) is 11.3 Å². The molecule has 0 atom stereocenters. The van der Waals surface area contributed by atoms with Gasteiger partial charge in [-0.3, -0.25) is 4.79 Å². The average molecular weight is 374 g/mol. The highest BCUT2D eigenvalue weighted by Gasteiger charge is 2.11. The van der Waals surface area contributed by atoms with Crippen LogP contribution >= 0.6 is 23.4 Å². The molecule has 0 aliphatic carbocycles. The Morgan fingerprint density at radius 2 is 2.04 bits per heavy atom. The van der Waals surface area contributed by atoms with Gasteiger partial charge >= 0.3 is 0 Å². The topological polar surface area (TPSA) is 72.7 Å². The van der Waals surface area contributed by atoms with Crippen LogP contribution in [0.2, 0.25) is 5.02 Å². The number of nitrogens with one attached hydrogen (secondary N) is 1. The molecule has 0 aliphatic rings. The van der Waals surface area contributed by atoms with Crippen LogP contribution in [0.25, 0.3) is 0 Å². The zero-order chi connectivity index (χ0) is 17.6. The molecule has 3 aromatic rings. The highest BCUT2D eigenvalue weighted by atomic mass is 35.5. The number of hydrogen-bond acceptors (Lipinski definition) is 5. The van der Waals surface area contributed by atoms with Gasteiger partial charge in [0.15, 0.2) is 0 Å².